The first-order valence-electron chi connectivity index (χ1n) is 9.42. The number of hydrogen-bond acceptors (Lipinski definition) is 5. The van der Waals surface area contributed by atoms with E-state index in [0.29, 0.717) is 13.2 Å². The van der Waals surface area contributed by atoms with E-state index in [1.54, 1.807) is 0 Å². The van der Waals surface area contributed by atoms with E-state index in [4.69, 9.17) is 18.9 Å². The van der Waals surface area contributed by atoms with Crippen molar-refractivity contribution in [2.24, 2.45) is 0 Å². The summed E-state index contributed by atoms with van der Waals surface area (Å²) in [4.78, 5) is 12.4. The van der Waals surface area contributed by atoms with Crippen LogP contribution in [0.4, 0.5) is 0 Å². The fourth-order valence-corrected chi connectivity index (χ4v) is 3.83. The Morgan fingerprint density at radius 3 is 2.79 bits per heavy atom. The molecule has 0 radical (unpaired) electrons. The van der Waals surface area contributed by atoms with Gasteiger partial charge in [-0.15, -0.1) is 0 Å². The van der Waals surface area contributed by atoms with Gasteiger partial charge in [-0.05, 0) is 51.9 Å². The minimum atomic E-state index is -0.441. The molecule has 0 unspecified atom stereocenters. The molecule has 3 fully saturated rings. The fourth-order valence-electron chi connectivity index (χ4n) is 3.83. The van der Waals surface area contributed by atoms with Crippen LogP contribution in [0.15, 0.2) is 0 Å². The Balaban J connectivity index is 1.41. The van der Waals surface area contributed by atoms with Gasteiger partial charge in [-0.3, -0.25) is 4.79 Å². The third-order valence-electron chi connectivity index (χ3n) is 5.42. The fraction of sp³-hybridized carbons (Fsp3) is 0.944. The van der Waals surface area contributed by atoms with Crippen molar-refractivity contribution in [1.82, 2.24) is 5.32 Å². The summed E-state index contributed by atoms with van der Waals surface area (Å²) in [5, 5.41) is 3.15. The number of hydrogen-bond donors (Lipinski definition) is 1. The van der Waals surface area contributed by atoms with Gasteiger partial charge in [-0.2, -0.15) is 0 Å². The highest BCUT2D eigenvalue weighted by Gasteiger charge is 2.39. The Hall–Kier alpha value is -0.690. The van der Waals surface area contributed by atoms with Gasteiger partial charge in [0.05, 0.1) is 18.3 Å². The summed E-state index contributed by atoms with van der Waals surface area (Å²) < 4.78 is 22.9. The molecule has 0 aliphatic carbocycles. The van der Waals surface area contributed by atoms with Gasteiger partial charge in [-0.1, -0.05) is 0 Å². The average Bonchev–Trinajstić information content (AvgIpc) is 2.61. The summed E-state index contributed by atoms with van der Waals surface area (Å²) in [6, 6.07) is 0.168. The zero-order valence-electron chi connectivity index (χ0n) is 14.8. The lowest BCUT2D eigenvalue weighted by atomic mass is 9.84. The molecule has 0 aromatic rings. The summed E-state index contributed by atoms with van der Waals surface area (Å²) in [5.41, 5.74) is -0.103. The number of amides is 1. The Kier molecular flexibility index (Phi) is 6.49. The molecule has 3 aliphatic rings. The molecule has 3 heterocycles. The predicted molar refractivity (Wildman–Crippen MR) is 88.9 cm³/mol. The van der Waals surface area contributed by atoms with Crippen LogP contribution in [0.3, 0.4) is 0 Å². The first-order chi connectivity index (χ1) is 11.7. The molecule has 1 spiro atoms. The molecule has 6 nitrogen and oxygen atoms in total. The molecule has 0 aromatic carbocycles. The Bertz CT molecular complexity index is 399. The summed E-state index contributed by atoms with van der Waals surface area (Å²) in [6.07, 6.45) is 6.62. The standard InChI is InChI=1S/C18H31NO5/c1-14(23-13-16-4-2-3-8-22-16)17(20)19-15-5-9-24-18(12-15)6-10-21-11-7-18/h14-16H,2-13H2,1H3,(H,19,20)/t14-,15+,16-/m0/s1. The van der Waals surface area contributed by atoms with Crippen LogP contribution < -0.4 is 5.32 Å². The molecule has 6 heteroatoms. The van der Waals surface area contributed by atoms with Gasteiger partial charge >= 0.3 is 0 Å². The van der Waals surface area contributed by atoms with Gasteiger partial charge in [0.15, 0.2) is 0 Å². The van der Waals surface area contributed by atoms with Crippen molar-refractivity contribution < 1.29 is 23.7 Å². The summed E-state index contributed by atoms with van der Waals surface area (Å²) in [5.74, 6) is -0.0279. The highest BCUT2D eigenvalue weighted by atomic mass is 16.5. The van der Waals surface area contributed by atoms with Crippen LogP contribution in [-0.4, -0.2) is 62.8 Å². The van der Waals surface area contributed by atoms with Crippen molar-refractivity contribution in [3.8, 4) is 0 Å². The maximum absolute atomic E-state index is 12.4. The average molecular weight is 341 g/mol. The van der Waals surface area contributed by atoms with E-state index >= 15 is 0 Å². The topological polar surface area (TPSA) is 66.0 Å². The van der Waals surface area contributed by atoms with Crippen molar-refractivity contribution in [3.63, 3.8) is 0 Å². The molecule has 1 amide bonds. The van der Waals surface area contributed by atoms with Crippen molar-refractivity contribution >= 4 is 5.91 Å². The quantitative estimate of drug-likeness (QED) is 0.826. The van der Waals surface area contributed by atoms with Crippen molar-refractivity contribution in [1.29, 1.82) is 0 Å². The Labute approximate surface area is 144 Å². The van der Waals surface area contributed by atoms with Gasteiger partial charge in [0, 0.05) is 32.5 Å². The number of carbonyl (C=O) groups is 1. The second-order valence-corrected chi connectivity index (χ2v) is 7.31. The third-order valence-corrected chi connectivity index (χ3v) is 5.42. The molecule has 3 rings (SSSR count). The zero-order chi connectivity index (χ0) is 16.8. The molecule has 3 atom stereocenters. The summed E-state index contributed by atoms with van der Waals surface area (Å²) in [7, 11) is 0. The molecule has 138 valence electrons. The minimum absolute atomic E-state index is 0.0279. The number of carbonyl (C=O) groups excluding carboxylic acids is 1. The van der Waals surface area contributed by atoms with E-state index in [1.807, 2.05) is 6.92 Å². The summed E-state index contributed by atoms with van der Waals surface area (Å²) in [6.45, 7) is 5.34. The number of nitrogens with one attached hydrogen (secondary N) is 1. The van der Waals surface area contributed by atoms with Crippen LogP contribution in [0.1, 0.15) is 51.9 Å². The van der Waals surface area contributed by atoms with E-state index in [1.165, 1.54) is 6.42 Å². The van der Waals surface area contributed by atoms with E-state index in [-0.39, 0.29) is 23.7 Å². The Morgan fingerprint density at radius 2 is 2.04 bits per heavy atom. The Morgan fingerprint density at radius 1 is 1.21 bits per heavy atom. The molecular weight excluding hydrogens is 310 g/mol. The van der Waals surface area contributed by atoms with Gasteiger partial charge < -0.3 is 24.3 Å². The van der Waals surface area contributed by atoms with Gasteiger partial charge in [0.2, 0.25) is 5.91 Å². The largest absolute Gasteiger partial charge is 0.381 e. The molecule has 24 heavy (non-hydrogen) atoms. The van der Waals surface area contributed by atoms with Crippen LogP contribution in [0.2, 0.25) is 0 Å². The second kappa shape index (κ2) is 8.61. The number of ether oxygens (including phenoxy) is 4. The maximum Gasteiger partial charge on any atom is 0.249 e. The minimum Gasteiger partial charge on any atom is -0.381 e. The molecule has 1 N–H and O–H groups in total. The predicted octanol–water partition coefficient (Wildman–Crippen LogP) is 1.80. The highest BCUT2D eigenvalue weighted by Crippen LogP contribution is 2.34. The molecule has 0 saturated carbocycles. The second-order valence-electron chi connectivity index (χ2n) is 7.31. The molecular formula is C18H31NO5. The first-order valence-corrected chi connectivity index (χ1v) is 9.42. The van der Waals surface area contributed by atoms with Crippen molar-refractivity contribution in [3.05, 3.63) is 0 Å². The lowest BCUT2D eigenvalue weighted by molar-refractivity contribution is -0.148. The SMILES string of the molecule is C[C@H](OC[C@@H]1CCCCO1)C(=O)N[C@@H]1CCOC2(CCOCC2)C1. The van der Waals surface area contributed by atoms with Gasteiger partial charge in [0.1, 0.15) is 6.10 Å². The smallest absolute Gasteiger partial charge is 0.249 e. The zero-order valence-corrected chi connectivity index (χ0v) is 14.8. The molecule has 0 aromatic heterocycles. The van der Waals surface area contributed by atoms with Crippen LogP contribution in [0, 0.1) is 0 Å². The lowest BCUT2D eigenvalue weighted by Crippen LogP contribution is -2.52. The van der Waals surface area contributed by atoms with Crippen molar-refractivity contribution in [2.75, 3.05) is 33.0 Å². The van der Waals surface area contributed by atoms with Crippen LogP contribution in [0.25, 0.3) is 0 Å². The van der Waals surface area contributed by atoms with Gasteiger partial charge in [-0.25, -0.2) is 0 Å². The lowest BCUT2D eigenvalue weighted by Gasteiger charge is -2.43. The van der Waals surface area contributed by atoms with Crippen LogP contribution in [-0.2, 0) is 23.7 Å². The highest BCUT2D eigenvalue weighted by molar-refractivity contribution is 5.80. The molecule has 3 saturated heterocycles. The van der Waals surface area contributed by atoms with E-state index in [9.17, 15) is 4.79 Å². The normalized spacial score (nSPS) is 31.5. The van der Waals surface area contributed by atoms with E-state index in [2.05, 4.69) is 5.32 Å². The van der Waals surface area contributed by atoms with Crippen LogP contribution >= 0.6 is 0 Å². The maximum atomic E-state index is 12.4. The van der Waals surface area contributed by atoms with E-state index in [0.717, 1.165) is 58.3 Å². The monoisotopic (exact) mass is 341 g/mol. The van der Waals surface area contributed by atoms with Gasteiger partial charge in [0.25, 0.3) is 0 Å². The van der Waals surface area contributed by atoms with Crippen LogP contribution in [0.5, 0.6) is 0 Å². The molecule has 3 aliphatic heterocycles. The van der Waals surface area contributed by atoms with E-state index < -0.39 is 6.10 Å². The van der Waals surface area contributed by atoms with Crippen molar-refractivity contribution in [2.45, 2.75) is 75.7 Å². The summed E-state index contributed by atoms with van der Waals surface area (Å²) >= 11 is 0. The third kappa shape index (κ3) is 4.91. The molecule has 0 bridgehead atoms. The number of rotatable bonds is 5. The first kappa shape index (κ1) is 18.1.